The zero-order valence-electron chi connectivity index (χ0n) is 17.2. The molecule has 0 spiro atoms. The first kappa shape index (κ1) is 18.8. The summed E-state index contributed by atoms with van der Waals surface area (Å²) in [7, 11) is 0. The molecular weight excluding hydrogens is 378 g/mol. The molecule has 2 unspecified atom stereocenters. The van der Waals surface area contributed by atoms with Gasteiger partial charge in [0.25, 0.3) is 5.91 Å². The highest BCUT2D eigenvalue weighted by atomic mass is 16.5. The molecule has 0 bridgehead atoms. The van der Waals surface area contributed by atoms with Crippen molar-refractivity contribution >= 4 is 5.91 Å². The smallest absolute Gasteiger partial charge is 0.272 e. The predicted molar refractivity (Wildman–Crippen MR) is 111 cm³/mol. The van der Waals surface area contributed by atoms with E-state index in [0.29, 0.717) is 23.3 Å². The van der Waals surface area contributed by atoms with Crippen molar-refractivity contribution in [3.05, 3.63) is 76.6 Å². The molecule has 0 aliphatic heterocycles. The van der Waals surface area contributed by atoms with Crippen molar-refractivity contribution in [1.29, 1.82) is 0 Å². The van der Waals surface area contributed by atoms with Gasteiger partial charge < -0.3 is 10.5 Å². The van der Waals surface area contributed by atoms with Gasteiger partial charge in [-0.15, -0.1) is 0 Å². The quantitative estimate of drug-likeness (QED) is 0.536. The van der Waals surface area contributed by atoms with E-state index < -0.39 is 5.54 Å². The maximum absolute atomic E-state index is 13.4. The second-order valence-corrected chi connectivity index (χ2v) is 8.85. The van der Waals surface area contributed by atoms with Crippen LogP contribution in [-0.4, -0.2) is 20.7 Å². The third-order valence-electron chi connectivity index (χ3n) is 6.52. The highest BCUT2D eigenvalue weighted by Gasteiger charge is 2.43. The van der Waals surface area contributed by atoms with Crippen LogP contribution in [0.1, 0.15) is 66.3 Å². The van der Waals surface area contributed by atoms with Gasteiger partial charge in [0.15, 0.2) is 11.9 Å². The lowest BCUT2D eigenvalue weighted by Crippen LogP contribution is -2.41. The predicted octanol–water partition coefficient (Wildman–Crippen LogP) is 3.01. The summed E-state index contributed by atoms with van der Waals surface area (Å²) in [6, 6.07) is 9.92. The van der Waals surface area contributed by atoms with E-state index in [0.717, 1.165) is 34.4 Å². The summed E-state index contributed by atoms with van der Waals surface area (Å²) in [4.78, 5) is 17.7. The molecule has 1 amide bonds. The fourth-order valence-corrected chi connectivity index (χ4v) is 5.05. The zero-order chi connectivity index (χ0) is 20.9. The molecule has 7 heteroatoms. The van der Waals surface area contributed by atoms with Crippen LogP contribution in [0.3, 0.4) is 0 Å². The molecular formula is C23H25N5O2. The summed E-state index contributed by atoms with van der Waals surface area (Å²) in [5, 5.41) is 19.7. The number of aromatic nitrogens is 4. The van der Waals surface area contributed by atoms with E-state index in [1.807, 2.05) is 44.2 Å². The van der Waals surface area contributed by atoms with Gasteiger partial charge in [-0.1, -0.05) is 36.8 Å². The highest BCUT2D eigenvalue weighted by molar-refractivity contribution is 5.95. The Bertz CT molecular complexity index is 1110. The van der Waals surface area contributed by atoms with E-state index in [4.69, 9.17) is 0 Å². The van der Waals surface area contributed by atoms with Gasteiger partial charge in [0.1, 0.15) is 0 Å². The summed E-state index contributed by atoms with van der Waals surface area (Å²) in [5.41, 5.74) is 3.01. The molecule has 1 fully saturated rings. The Hall–Kier alpha value is -3.22. The number of carbonyl (C=O) groups is 1. The minimum absolute atomic E-state index is 0.190. The van der Waals surface area contributed by atoms with E-state index >= 15 is 0 Å². The summed E-state index contributed by atoms with van der Waals surface area (Å²) in [6.45, 7) is 3.98. The Morgan fingerprint density at radius 2 is 2.07 bits per heavy atom. The number of hydrogen-bond acceptors (Lipinski definition) is 4. The molecule has 2 aromatic heterocycles. The van der Waals surface area contributed by atoms with Gasteiger partial charge in [0.05, 0.1) is 17.4 Å². The molecule has 154 valence electrons. The van der Waals surface area contributed by atoms with Gasteiger partial charge >= 0.3 is 0 Å². The van der Waals surface area contributed by atoms with Crippen molar-refractivity contribution in [3.63, 3.8) is 0 Å². The van der Waals surface area contributed by atoms with Crippen LogP contribution < -0.4 is 10.0 Å². The van der Waals surface area contributed by atoms with Crippen LogP contribution in [0.25, 0.3) is 5.82 Å². The molecule has 5 rings (SSSR count). The third kappa shape index (κ3) is 3.05. The average Bonchev–Trinajstić information content (AvgIpc) is 3.40. The monoisotopic (exact) mass is 403 g/mol. The van der Waals surface area contributed by atoms with E-state index in [1.165, 1.54) is 31.4 Å². The van der Waals surface area contributed by atoms with E-state index in [1.54, 1.807) is 4.68 Å². The second-order valence-electron chi connectivity index (χ2n) is 8.85. The van der Waals surface area contributed by atoms with Gasteiger partial charge in [0, 0.05) is 11.5 Å². The Morgan fingerprint density at radius 3 is 2.83 bits per heavy atom. The maximum atomic E-state index is 13.4. The van der Waals surface area contributed by atoms with E-state index in [-0.39, 0.29) is 5.91 Å². The fraction of sp³-hybridized carbons (Fsp3) is 0.391. The van der Waals surface area contributed by atoms with E-state index in [2.05, 4.69) is 15.4 Å². The van der Waals surface area contributed by atoms with Gasteiger partial charge in [-0.2, -0.15) is 9.83 Å². The molecule has 1 aromatic carbocycles. The Labute approximate surface area is 175 Å². The Balaban J connectivity index is 1.55. The number of benzene rings is 1. The molecule has 2 aliphatic rings. The van der Waals surface area contributed by atoms with Crippen LogP contribution in [-0.2, 0) is 12.0 Å². The normalized spacial score (nSPS) is 20.1. The van der Waals surface area contributed by atoms with Crippen LogP contribution in [0.2, 0.25) is 0 Å². The molecule has 0 radical (unpaired) electrons. The second kappa shape index (κ2) is 6.93. The summed E-state index contributed by atoms with van der Waals surface area (Å²) >= 11 is 0. The van der Waals surface area contributed by atoms with Crippen molar-refractivity contribution in [2.24, 2.45) is 5.92 Å². The number of nitrogens with one attached hydrogen (secondary N) is 1. The molecule has 1 saturated carbocycles. The van der Waals surface area contributed by atoms with Crippen LogP contribution >= 0.6 is 0 Å². The maximum Gasteiger partial charge on any atom is 0.272 e. The zero-order valence-corrected chi connectivity index (χ0v) is 17.2. The van der Waals surface area contributed by atoms with Crippen molar-refractivity contribution in [1.82, 2.24) is 20.1 Å². The molecule has 7 nitrogen and oxygen atoms in total. The molecule has 2 atom stereocenters. The number of amides is 1. The van der Waals surface area contributed by atoms with Crippen LogP contribution in [0.4, 0.5) is 0 Å². The van der Waals surface area contributed by atoms with Crippen LogP contribution in [0.5, 0.6) is 0 Å². The largest absolute Gasteiger partial charge is 0.619 e. The molecule has 2 heterocycles. The average molecular weight is 403 g/mol. The molecule has 30 heavy (non-hydrogen) atoms. The van der Waals surface area contributed by atoms with Crippen LogP contribution in [0.15, 0.2) is 48.9 Å². The number of nitrogens with zero attached hydrogens (tertiary/aromatic N) is 4. The lowest BCUT2D eigenvalue weighted by molar-refractivity contribution is -0.605. The third-order valence-corrected chi connectivity index (χ3v) is 6.52. The van der Waals surface area contributed by atoms with Crippen LogP contribution in [0, 0.1) is 11.1 Å². The minimum atomic E-state index is -0.535. The number of fused-ring (bicyclic) bond motifs is 3. The summed E-state index contributed by atoms with van der Waals surface area (Å²) in [5.74, 6) is 1.18. The summed E-state index contributed by atoms with van der Waals surface area (Å²) in [6.07, 6.45) is 8.53. The Morgan fingerprint density at radius 1 is 1.27 bits per heavy atom. The Kier molecular flexibility index (Phi) is 4.34. The van der Waals surface area contributed by atoms with E-state index in [9.17, 15) is 10.0 Å². The van der Waals surface area contributed by atoms with Crippen molar-refractivity contribution in [2.75, 3.05) is 0 Å². The topological polar surface area (TPSA) is 86.8 Å². The molecule has 0 saturated heterocycles. The number of hydrogen-bond donors (Lipinski definition) is 1. The fourth-order valence-electron chi connectivity index (χ4n) is 5.05. The molecule has 2 aliphatic carbocycles. The van der Waals surface area contributed by atoms with Crippen molar-refractivity contribution in [2.45, 2.75) is 51.0 Å². The van der Waals surface area contributed by atoms with Gasteiger partial charge in [0.2, 0.25) is 12.0 Å². The molecule has 3 aromatic rings. The lowest BCUT2D eigenvalue weighted by Gasteiger charge is -2.26. The standard InChI is InChI=1S/C23H25N5O2/c1-23(2,16-8-4-3-5-9-16)25-22(29)20-18-13-15-7-6-10-17(15)21(18)28(26-20)19-14-27(30)12-11-24-19/h3-5,8-9,11-12,14-15,17H,6-7,10,13H2,1-2H3,(H,25,29). The highest BCUT2D eigenvalue weighted by Crippen LogP contribution is 2.49. The van der Waals surface area contributed by atoms with Gasteiger partial charge in [-0.3, -0.25) is 4.79 Å². The lowest BCUT2D eigenvalue weighted by atomic mass is 9.94. The molecule has 1 N–H and O–H groups in total. The first-order valence-corrected chi connectivity index (χ1v) is 10.5. The number of rotatable bonds is 4. The summed E-state index contributed by atoms with van der Waals surface area (Å²) < 4.78 is 2.44. The van der Waals surface area contributed by atoms with Crippen molar-refractivity contribution < 1.29 is 9.52 Å². The number of carbonyl (C=O) groups excluding carboxylic acids is 1. The first-order valence-electron chi connectivity index (χ1n) is 10.5. The van der Waals surface area contributed by atoms with Crippen molar-refractivity contribution in [3.8, 4) is 5.82 Å². The first-order chi connectivity index (χ1) is 14.4. The van der Waals surface area contributed by atoms with Gasteiger partial charge in [-0.05, 0) is 44.6 Å². The minimum Gasteiger partial charge on any atom is -0.619 e. The van der Waals surface area contributed by atoms with Gasteiger partial charge in [-0.25, -0.2) is 9.67 Å². The SMILES string of the molecule is CC(C)(NC(=O)c1nn(-c2c[n+]([O-])ccn2)c2c1CC1CCCC21)c1ccccc1.